The van der Waals surface area contributed by atoms with Crippen LogP contribution in [-0.4, -0.2) is 10.5 Å². The highest BCUT2D eigenvalue weighted by atomic mass is 32.1. The molecule has 0 unspecified atom stereocenters. The van der Waals surface area contributed by atoms with E-state index >= 15 is 0 Å². The fourth-order valence-electron chi connectivity index (χ4n) is 1.68. The van der Waals surface area contributed by atoms with Crippen molar-refractivity contribution < 1.29 is 4.39 Å². The highest BCUT2D eigenvalue weighted by Crippen LogP contribution is 2.17. The van der Waals surface area contributed by atoms with Crippen LogP contribution in [0.2, 0.25) is 0 Å². The summed E-state index contributed by atoms with van der Waals surface area (Å²) in [7, 11) is 0. The summed E-state index contributed by atoms with van der Waals surface area (Å²) >= 11 is 1.63. The number of nitrogens with one attached hydrogen (secondary N) is 2. The Morgan fingerprint density at radius 2 is 2.05 bits per heavy atom. The Labute approximate surface area is 123 Å². The average Bonchev–Trinajstić information content (AvgIpc) is 2.88. The second-order valence-corrected chi connectivity index (χ2v) is 6.50. The zero-order valence-corrected chi connectivity index (χ0v) is 12.9. The molecule has 0 spiro atoms. The number of aromatic nitrogens is 1. The van der Waals surface area contributed by atoms with E-state index in [1.165, 1.54) is 0 Å². The van der Waals surface area contributed by atoms with E-state index in [2.05, 4.69) is 36.4 Å². The van der Waals surface area contributed by atoms with Crippen LogP contribution < -0.4 is 10.6 Å². The summed E-state index contributed by atoms with van der Waals surface area (Å²) in [6.45, 7) is 7.25. The fourth-order valence-corrected chi connectivity index (χ4v) is 2.35. The molecule has 0 radical (unpaired) electrons. The highest BCUT2D eigenvalue weighted by Gasteiger charge is 2.13. The molecule has 3 nitrogen and oxygen atoms in total. The molecule has 108 valence electrons. The predicted molar refractivity (Wildman–Crippen MR) is 82.4 cm³/mol. The van der Waals surface area contributed by atoms with Gasteiger partial charge in [-0.1, -0.05) is 0 Å². The van der Waals surface area contributed by atoms with Crippen molar-refractivity contribution in [2.75, 3.05) is 5.32 Å². The molecule has 2 aromatic rings. The van der Waals surface area contributed by atoms with E-state index in [0.717, 1.165) is 5.56 Å². The third-order valence-electron chi connectivity index (χ3n) is 2.82. The van der Waals surface area contributed by atoms with E-state index < -0.39 is 0 Å². The Hall–Kier alpha value is -1.46. The Morgan fingerprint density at radius 1 is 1.25 bits per heavy atom. The fraction of sp³-hybridized carbons (Fsp3) is 0.400. The van der Waals surface area contributed by atoms with Gasteiger partial charge in [0.1, 0.15) is 0 Å². The SMILES string of the molecule is CC(C)(C)NCc1ccnc(NCc2ccsc2)c1F. The van der Waals surface area contributed by atoms with Gasteiger partial charge in [-0.25, -0.2) is 9.37 Å². The highest BCUT2D eigenvalue weighted by molar-refractivity contribution is 7.07. The summed E-state index contributed by atoms with van der Waals surface area (Å²) in [6, 6.07) is 3.73. The first-order chi connectivity index (χ1) is 9.46. The van der Waals surface area contributed by atoms with Gasteiger partial charge in [0.25, 0.3) is 0 Å². The molecular formula is C15H20FN3S. The molecule has 5 heteroatoms. The van der Waals surface area contributed by atoms with Crippen LogP contribution >= 0.6 is 11.3 Å². The van der Waals surface area contributed by atoms with Gasteiger partial charge in [-0.15, -0.1) is 0 Å². The van der Waals surface area contributed by atoms with Gasteiger partial charge in [-0.2, -0.15) is 11.3 Å². The molecule has 0 atom stereocenters. The van der Waals surface area contributed by atoms with E-state index in [1.807, 2.05) is 16.8 Å². The van der Waals surface area contributed by atoms with Crippen molar-refractivity contribution in [3.8, 4) is 0 Å². The molecule has 2 N–H and O–H groups in total. The van der Waals surface area contributed by atoms with Crippen molar-refractivity contribution in [3.63, 3.8) is 0 Å². The Balaban J connectivity index is 2.03. The molecular weight excluding hydrogens is 273 g/mol. The molecule has 2 aromatic heterocycles. The lowest BCUT2D eigenvalue weighted by molar-refractivity contribution is 0.418. The number of hydrogen-bond acceptors (Lipinski definition) is 4. The zero-order valence-electron chi connectivity index (χ0n) is 12.0. The van der Waals surface area contributed by atoms with Crippen LogP contribution in [0, 0.1) is 5.82 Å². The summed E-state index contributed by atoms with van der Waals surface area (Å²) in [6.07, 6.45) is 1.64. The van der Waals surface area contributed by atoms with Crippen molar-refractivity contribution in [2.45, 2.75) is 39.4 Å². The van der Waals surface area contributed by atoms with Gasteiger partial charge in [-0.05, 0) is 49.2 Å². The standard InChI is InChI=1S/C15H20FN3S/c1-15(2,3)19-9-12-4-6-17-14(13(12)16)18-8-11-5-7-20-10-11/h4-7,10,19H,8-9H2,1-3H3,(H,17,18). The van der Waals surface area contributed by atoms with Crippen LogP contribution in [0.25, 0.3) is 0 Å². The van der Waals surface area contributed by atoms with Crippen molar-refractivity contribution in [3.05, 3.63) is 46.0 Å². The van der Waals surface area contributed by atoms with Gasteiger partial charge in [0.05, 0.1) is 0 Å². The maximum atomic E-state index is 14.3. The molecule has 0 aliphatic heterocycles. The van der Waals surface area contributed by atoms with Gasteiger partial charge < -0.3 is 10.6 Å². The third-order valence-corrected chi connectivity index (χ3v) is 3.55. The lowest BCUT2D eigenvalue weighted by atomic mass is 10.1. The third kappa shape index (κ3) is 4.28. The summed E-state index contributed by atoms with van der Waals surface area (Å²) in [4.78, 5) is 4.07. The molecule has 0 fully saturated rings. The van der Waals surface area contributed by atoms with Gasteiger partial charge in [0, 0.05) is 30.4 Å². The van der Waals surface area contributed by atoms with Crippen molar-refractivity contribution in [1.29, 1.82) is 0 Å². The van der Waals surface area contributed by atoms with Crippen LogP contribution in [0.5, 0.6) is 0 Å². The first-order valence-electron chi connectivity index (χ1n) is 6.59. The van der Waals surface area contributed by atoms with Gasteiger partial charge >= 0.3 is 0 Å². The monoisotopic (exact) mass is 293 g/mol. The molecule has 0 amide bonds. The van der Waals surface area contributed by atoms with E-state index in [1.54, 1.807) is 23.6 Å². The first kappa shape index (κ1) is 14.9. The summed E-state index contributed by atoms with van der Waals surface area (Å²) in [5.74, 6) is 0.0314. The molecule has 0 aromatic carbocycles. The van der Waals surface area contributed by atoms with E-state index in [0.29, 0.717) is 24.5 Å². The second kappa shape index (κ2) is 6.33. The second-order valence-electron chi connectivity index (χ2n) is 5.72. The van der Waals surface area contributed by atoms with Gasteiger partial charge in [0.2, 0.25) is 0 Å². The average molecular weight is 293 g/mol. The molecule has 0 aliphatic carbocycles. The summed E-state index contributed by atoms with van der Waals surface area (Å²) in [5.41, 5.74) is 1.72. The number of rotatable bonds is 5. The van der Waals surface area contributed by atoms with Crippen LogP contribution in [-0.2, 0) is 13.1 Å². The van der Waals surface area contributed by atoms with E-state index in [4.69, 9.17) is 0 Å². The van der Waals surface area contributed by atoms with Crippen LogP contribution in [0.15, 0.2) is 29.1 Å². The Bertz CT molecular complexity index is 547. The number of hydrogen-bond donors (Lipinski definition) is 2. The Kier molecular flexibility index (Phi) is 4.73. The molecule has 2 heterocycles. The maximum absolute atomic E-state index is 14.3. The van der Waals surface area contributed by atoms with Gasteiger partial charge in [0.15, 0.2) is 11.6 Å². The number of nitrogens with zero attached hydrogens (tertiary/aromatic N) is 1. The van der Waals surface area contributed by atoms with E-state index in [9.17, 15) is 4.39 Å². The smallest absolute Gasteiger partial charge is 0.169 e. The van der Waals surface area contributed by atoms with Crippen LogP contribution in [0.3, 0.4) is 0 Å². The molecule has 20 heavy (non-hydrogen) atoms. The first-order valence-corrected chi connectivity index (χ1v) is 7.53. The van der Waals surface area contributed by atoms with Crippen molar-refractivity contribution >= 4 is 17.2 Å². The maximum Gasteiger partial charge on any atom is 0.169 e. The molecule has 0 bridgehead atoms. The number of anilines is 1. The van der Waals surface area contributed by atoms with Crippen molar-refractivity contribution in [1.82, 2.24) is 10.3 Å². The molecule has 0 saturated carbocycles. The summed E-state index contributed by atoms with van der Waals surface area (Å²) in [5, 5.41) is 10.4. The lowest BCUT2D eigenvalue weighted by Gasteiger charge is -2.21. The van der Waals surface area contributed by atoms with Crippen LogP contribution in [0.1, 0.15) is 31.9 Å². The number of halogens is 1. The topological polar surface area (TPSA) is 37.0 Å². The lowest BCUT2D eigenvalue weighted by Crippen LogP contribution is -2.35. The Morgan fingerprint density at radius 3 is 2.70 bits per heavy atom. The largest absolute Gasteiger partial charge is 0.364 e. The molecule has 2 rings (SSSR count). The van der Waals surface area contributed by atoms with E-state index in [-0.39, 0.29) is 11.4 Å². The zero-order chi connectivity index (χ0) is 14.6. The normalized spacial score (nSPS) is 11.6. The van der Waals surface area contributed by atoms with Crippen LogP contribution in [0.4, 0.5) is 10.2 Å². The minimum absolute atomic E-state index is 0.0417. The minimum atomic E-state index is -0.278. The quantitative estimate of drug-likeness (QED) is 0.881. The molecule has 0 saturated heterocycles. The number of thiophene rings is 1. The predicted octanol–water partition coefficient (Wildman–Crippen LogP) is 3.78. The van der Waals surface area contributed by atoms with Crippen molar-refractivity contribution in [2.24, 2.45) is 0 Å². The number of pyridine rings is 1. The minimum Gasteiger partial charge on any atom is -0.364 e. The summed E-state index contributed by atoms with van der Waals surface area (Å²) < 4.78 is 14.3. The molecule has 0 aliphatic rings. The van der Waals surface area contributed by atoms with Gasteiger partial charge in [-0.3, -0.25) is 0 Å².